The molecule has 38 heavy (non-hydrogen) atoms. The number of carbonyl (C=O) groups excluding carboxylic acids is 2. The number of hydrogen-bond acceptors (Lipinski definition) is 6. The molecule has 2 aromatic carbocycles. The third-order valence-corrected chi connectivity index (χ3v) is 7.65. The molecule has 1 aliphatic carbocycles. The molecule has 1 saturated carbocycles. The van der Waals surface area contributed by atoms with Gasteiger partial charge in [0.25, 0.3) is 5.91 Å². The maximum atomic E-state index is 14.1. The van der Waals surface area contributed by atoms with Crippen molar-refractivity contribution in [2.45, 2.75) is 56.2 Å². The number of aliphatic hydroxyl groups is 1. The lowest BCUT2D eigenvalue weighted by atomic mass is 9.76. The minimum atomic E-state index is -0.750. The highest BCUT2D eigenvalue weighted by molar-refractivity contribution is 6.01. The van der Waals surface area contributed by atoms with Gasteiger partial charge in [-0.25, -0.2) is 0 Å². The molecule has 2 aliphatic rings. The number of pyridine rings is 1. The second-order valence-electron chi connectivity index (χ2n) is 9.93. The molecule has 4 atom stereocenters. The molecule has 2 heterocycles. The molecule has 5 rings (SSSR count). The van der Waals surface area contributed by atoms with Crippen molar-refractivity contribution in [2.75, 3.05) is 13.7 Å². The van der Waals surface area contributed by atoms with Gasteiger partial charge in [0.1, 0.15) is 11.5 Å². The minimum absolute atomic E-state index is 0.0220. The van der Waals surface area contributed by atoms with Crippen LogP contribution in [0.25, 0.3) is 0 Å². The van der Waals surface area contributed by atoms with Crippen LogP contribution in [0.4, 0.5) is 0 Å². The van der Waals surface area contributed by atoms with E-state index in [4.69, 9.17) is 4.74 Å². The first-order valence-electron chi connectivity index (χ1n) is 13.1. The van der Waals surface area contributed by atoms with Crippen LogP contribution in [0.15, 0.2) is 66.9 Å². The Labute approximate surface area is 222 Å². The lowest BCUT2D eigenvalue weighted by molar-refractivity contribution is -0.125. The highest BCUT2D eigenvalue weighted by atomic mass is 16.5. The van der Waals surface area contributed by atoms with Gasteiger partial charge in [0.05, 0.1) is 31.2 Å². The summed E-state index contributed by atoms with van der Waals surface area (Å²) in [5.41, 5.74) is 2.57. The fourth-order valence-electron chi connectivity index (χ4n) is 5.86. The number of fused-ring (bicyclic) bond motifs is 1. The molecule has 0 bridgehead atoms. The molecule has 8 nitrogen and oxygen atoms in total. The second-order valence-corrected chi connectivity index (χ2v) is 9.93. The largest absolute Gasteiger partial charge is 0.508 e. The van der Waals surface area contributed by atoms with Crippen molar-refractivity contribution in [3.05, 3.63) is 89.2 Å². The van der Waals surface area contributed by atoms with Crippen LogP contribution in [0.2, 0.25) is 0 Å². The molecule has 0 spiro atoms. The van der Waals surface area contributed by atoms with Crippen molar-refractivity contribution in [1.82, 2.24) is 15.2 Å². The topological polar surface area (TPSA) is 112 Å². The zero-order chi connectivity index (χ0) is 26.6. The van der Waals surface area contributed by atoms with Gasteiger partial charge in [-0.2, -0.15) is 0 Å². The molecule has 3 aromatic rings. The predicted octanol–water partition coefficient (Wildman–Crippen LogP) is 3.74. The van der Waals surface area contributed by atoms with E-state index in [9.17, 15) is 19.8 Å². The normalized spacial score (nSPS) is 23.0. The summed E-state index contributed by atoms with van der Waals surface area (Å²) in [4.78, 5) is 34.1. The fraction of sp³-hybridized carbons (Fsp3) is 0.367. The maximum absolute atomic E-state index is 14.1. The number of nitrogens with one attached hydrogen (secondary N) is 1. The number of phenolic OH excluding ortho intramolecular Hbond substituents is 1. The third-order valence-electron chi connectivity index (χ3n) is 7.65. The molecule has 2 amide bonds. The molecule has 0 radical (unpaired) electrons. The molecular weight excluding hydrogens is 482 g/mol. The summed E-state index contributed by atoms with van der Waals surface area (Å²) in [7, 11) is 1.50. The van der Waals surface area contributed by atoms with E-state index in [0.717, 1.165) is 18.5 Å². The van der Waals surface area contributed by atoms with Gasteiger partial charge < -0.3 is 25.2 Å². The molecule has 0 unspecified atom stereocenters. The van der Waals surface area contributed by atoms with E-state index < -0.39 is 24.1 Å². The smallest absolute Gasteiger partial charge is 0.255 e. The van der Waals surface area contributed by atoms with Crippen LogP contribution in [-0.2, 0) is 11.2 Å². The van der Waals surface area contributed by atoms with E-state index >= 15 is 0 Å². The van der Waals surface area contributed by atoms with Crippen molar-refractivity contribution in [1.29, 1.82) is 0 Å². The van der Waals surface area contributed by atoms with Crippen molar-refractivity contribution in [3.8, 4) is 11.5 Å². The number of hydrogen-bond donors (Lipinski definition) is 3. The van der Waals surface area contributed by atoms with Gasteiger partial charge in [0, 0.05) is 42.0 Å². The highest BCUT2D eigenvalue weighted by Crippen LogP contribution is 2.48. The molecule has 8 heteroatoms. The zero-order valence-corrected chi connectivity index (χ0v) is 21.4. The summed E-state index contributed by atoms with van der Waals surface area (Å²) in [5, 5.41) is 24.3. The lowest BCUT2D eigenvalue weighted by Crippen LogP contribution is -2.55. The molecule has 3 N–H and O–H groups in total. The molecule has 1 aliphatic heterocycles. The summed E-state index contributed by atoms with van der Waals surface area (Å²) >= 11 is 0. The van der Waals surface area contributed by atoms with E-state index in [0.29, 0.717) is 48.2 Å². The summed E-state index contributed by atoms with van der Waals surface area (Å²) in [6, 6.07) is 16.4. The number of aromatic nitrogens is 1. The predicted molar refractivity (Wildman–Crippen MR) is 142 cm³/mol. The summed E-state index contributed by atoms with van der Waals surface area (Å²) in [6.07, 6.45) is 4.60. The first-order chi connectivity index (χ1) is 18.5. The van der Waals surface area contributed by atoms with E-state index in [1.165, 1.54) is 19.2 Å². The van der Waals surface area contributed by atoms with Gasteiger partial charge in [-0.05, 0) is 48.7 Å². The zero-order valence-electron chi connectivity index (χ0n) is 21.4. The number of nitrogens with zero attached hydrogens (tertiary/aromatic N) is 2. The first kappa shape index (κ1) is 25.7. The molecule has 0 saturated heterocycles. The average Bonchev–Trinajstić information content (AvgIpc) is 2.94. The number of carbonyl (C=O) groups is 2. The Morgan fingerprint density at radius 3 is 2.63 bits per heavy atom. The second kappa shape index (κ2) is 11.2. The standard InChI is InChI=1S/C30H33N3O5/c1-38-26-18-20(34)13-14-23(26)28-27(29(36)32-17-15-19-8-6-7-16-31-19)21-9-2-3-10-22(21)30(37)33(28)24-11-4-5-12-25(24)35/h2-3,6-10,13-14,16,18,24-25,27-28,34-35H,4-5,11-12,15,17H2,1H3,(H,32,36)/t24-,25-,27+,28-/m0/s1. The van der Waals surface area contributed by atoms with Gasteiger partial charge in [-0.1, -0.05) is 37.1 Å². The fourth-order valence-corrected chi connectivity index (χ4v) is 5.86. The number of phenols is 1. The van der Waals surface area contributed by atoms with Crippen LogP contribution in [-0.4, -0.2) is 57.7 Å². The van der Waals surface area contributed by atoms with E-state index in [1.54, 1.807) is 29.3 Å². The number of rotatable bonds is 7. The number of ether oxygens (including phenoxy) is 1. The van der Waals surface area contributed by atoms with Crippen LogP contribution in [0.1, 0.15) is 64.8 Å². The summed E-state index contributed by atoms with van der Waals surface area (Å²) < 4.78 is 5.63. The number of aliphatic hydroxyl groups excluding tert-OH is 1. The highest BCUT2D eigenvalue weighted by Gasteiger charge is 2.49. The van der Waals surface area contributed by atoms with Gasteiger partial charge >= 0.3 is 0 Å². The summed E-state index contributed by atoms with van der Waals surface area (Å²) in [6.45, 7) is 0.383. The number of methoxy groups -OCH3 is 1. The monoisotopic (exact) mass is 515 g/mol. The van der Waals surface area contributed by atoms with E-state index in [2.05, 4.69) is 10.3 Å². The Bertz CT molecular complexity index is 1300. The maximum Gasteiger partial charge on any atom is 0.255 e. The number of amides is 2. The lowest BCUT2D eigenvalue weighted by Gasteiger charge is -2.48. The average molecular weight is 516 g/mol. The molecule has 198 valence electrons. The van der Waals surface area contributed by atoms with Crippen molar-refractivity contribution in [3.63, 3.8) is 0 Å². The van der Waals surface area contributed by atoms with E-state index in [1.807, 2.05) is 30.3 Å². The van der Waals surface area contributed by atoms with Gasteiger partial charge in [0.15, 0.2) is 0 Å². The Kier molecular flexibility index (Phi) is 7.60. The van der Waals surface area contributed by atoms with Gasteiger partial charge in [0.2, 0.25) is 5.91 Å². The number of aromatic hydroxyl groups is 1. The van der Waals surface area contributed by atoms with E-state index in [-0.39, 0.29) is 17.6 Å². The number of benzene rings is 2. The van der Waals surface area contributed by atoms with Crippen LogP contribution in [0.3, 0.4) is 0 Å². The van der Waals surface area contributed by atoms with Crippen molar-refractivity contribution < 1.29 is 24.5 Å². The SMILES string of the molecule is COc1cc(O)ccc1[C@H]1[C@H](C(=O)NCCc2ccccn2)c2ccccc2C(=O)N1[C@H]1CCCC[C@@H]1O. The molecular formula is C30H33N3O5. The first-order valence-corrected chi connectivity index (χ1v) is 13.1. The Hall–Kier alpha value is -3.91. The van der Waals surface area contributed by atoms with Crippen LogP contribution < -0.4 is 10.1 Å². The Balaban J connectivity index is 1.59. The summed E-state index contributed by atoms with van der Waals surface area (Å²) in [5.74, 6) is -0.793. The van der Waals surface area contributed by atoms with Gasteiger partial charge in [-0.15, -0.1) is 0 Å². The van der Waals surface area contributed by atoms with Crippen LogP contribution in [0.5, 0.6) is 11.5 Å². The quantitative estimate of drug-likeness (QED) is 0.442. The molecule has 1 aromatic heterocycles. The van der Waals surface area contributed by atoms with Crippen LogP contribution >= 0.6 is 0 Å². The van der Waals surface area contributed by atoms with Crippen molar-refractivity contribution in [2.24, 2.45) is 0 Å². The molecule has 1 fully saturated rings. The van der Waals surface area contributed by atoms with Crippen molar-refractivity contribution >= 4 is 11.8 Å². The Morgan fingerprint density at radius 2 is 1.87 bits per heavy atom. The Morgan fingerprint density at radius 1 is 1.08 bits per heavy atom. The minimum Gasteiger partial charge on any atom is -0.508 e. The van der Waals surface area contributed by atoms with Gasteiger partial charge in [-0.3, -0.25) is 14.6 Å². The third kappa shape index (κ3) is 4.96. The van der Waals surface area contributed by atoms with Crippen LogP contribution in [0, 0.1) is 0 Å².